The summed E-state index contributed by atoms with van der Waals surface area (Å²) in [4.78, 5) is 26.5. The molecule has 1 saturated heterocycles. The van der Waals surface area contributed by atoms with Crippen molar-refractivity contribution in [3.8, 4) is 11.4 Å². The fraction of sp³-hybridized carbons (Fsp3) is 0.526. The number of hydrogen-bond donors (Lipinski definition) is 1. The van der Waals surface area contributed by atoms with Gasteiger partial charge in [0.25, 0.3) is 0 Å². The van der Waals surface area contributed by atoms with E-state index >= 15 is 0 Å². The molecule has 152 valence electrons. The molecule has 2 unspecified atom stereocenters. The Hall–Kier alpha value is -2.97. The fourth-order valence-corrected chi connectivity index (χ4v) is 2.82. The summed E-state index contributed by atoms with van der Waals surface area (Å²) < 4.78 is 5.32. The molecule has 0 bridgehead atoms. The number of carbonyl (C=O) groups excluding carboxylic acids is 1. The van der Waals surface area contributed by atoms with Gasteiger partial charge in [-0.05, 0) is 26.0 Å². The molecule has 1 N–H and O–H groups in total. The van der Waals surface area contributed by atoms with Crippen molar-refractivity contribution in [3.63, 3.8) is 0 Å². The highest BCUT2D eigenvalue weighted by Crippen LogP contribution is 2.28. The number of carbonyl (C=O) groups is 2. The third kappa shape index (κ3) is 5.05. The van der Waals surface area contributed by atoms with E-state index in [-0.39, 0.29) is 19.0 Å². The molecule has 1 aliphatic rings. The highest BCUT2D eigenvalue weighted by atomic mass is 16.6. The Morgan fingerprint density at radius 3 is 2.39 bits per heavy atom. The molecular weight excluding hydrogens is 362 g/mol. The van der Waals surface area contributed by atoms with E-state index in [9.17, 15) is 14.7 Å². The van der Waals surface area contributed by atoms with E-state index in [0.717, 1.165) is 5.56 Å². The molecular formula is C19H27N5O4. The molecule has 9 nitrogen and oxygen atoms in total. The number of ether oxygens (including phenoxy) is 1. The average Bonchev–Trinajstić information content (AvgIpc) is 3.30. The summed E-state index contributed by atoms with van der Waals surface area (Å²) in [7, 11) is 0. The Morgan fingerprint density at radius 1 is 1.18 bits per heavy atom. The van der Waals surface area contributed by atoms with Gasteiger partial charge in [-0.3, -0.25) is 4.90 Å². The van der Waals surface area contributed by atoms with Crippen molar-refractivity contribution in [3.05, 3.63) is 30.3 Å². The van der Waals surface area contributed by atoms with Crippen molar-refractivity contribution < 1.29 is 19.4 Å². The Morgan fingerprint density at radius 2 is 1.82 bits per heavy atom. The lowest BCUT2D eigenvalue weighted by molar-refractivity contribution is -0.142. The molecule has 3 rings (SSSR count). The number of likely N-dealkylation sites (tertiary alicyclic amines) is 1. The number of tetrazole rings is 1. The molecule has 1 aromatic heterocycles. The van der Waals surface area contributed by atoms with Gasteiger partial charge in [-0.1, -0.05) is 44.2 Å². The first kappa shape index (κ1) is 21.3. The minimum absolute atomic E-state index is 0.149. The molecule has 2 aromatic rings. The second-order valence-electron chi connectivity index (χ2n) is 7.18. The molecule has 0 radical (unpaired) electrons. The summed E-state index contributed by atoms with van der Waals surface area (Å²) in [6, 6.07) is 7.99. The molecule has 2 heterocycles. The fourth-order valence-electron chi connectivity index (χ4n) is 2.82. The highest BCUT2D eigenvalue weighted by molar-refractivity contribution is 5.81. The predicted molar refractivity (Wildman–Crippen MR) is 103 cm³/mol. The number of amides is 1. The molecule has 1 aromatic carbocycles. The van der Waals surface area contributed by atoms with Gasteiger partial charge in [0.2, 0.25) is 5.82 Å². The number of carboxylic acids is 1. The van der Waals surface area contributed by atoms with Crippen molar-refractivity contribution in [2.24, 2.45) is 0 Å². The molecule has 0 aliphatic carbocycles. The molecule has 9 heteroatoms. The number of aromatic nitrogens is 4. The Kier molecular flexibility index (Phi) is 6.71. The van der Waals surface area contributed by atoms with Gasteiger partial charge >= 0.3 is 12.1 Å². The van der Waals surface area contributed by atoms with E-state index in [2.05, 4.69) is 15.4 Å². The summed E-state index contributed by atoms with van der Waals surface area (Å²) in [6.45, 7) is 9.36. The number of carboxylic acid groups (broad SMARTS) is 1. The van der Waals surface area contributed by atoms with Gasteiger partial charge < -0.3 is 9.84 Å². The lowest BCUT2D eigenvalue weighted by atomic mass is 10.2. The van der Waals surface area contributed by atoms with Gasteiger partial charge in [0.15, 0.2) is 0 Å². The largest absolute Gasteiger partial charge is 0.480 e. The first-order valence-corrected chi connectivity index (χ1v) is 9.32. The van der Waals surface area contributed by atoms with E-state index in [4.69, 9.17) is 4.74 Å². The van der Waals surface area contributed by atoms with Crippen LogP contribution in [0.4, 0.5) is 4.79 Å². The minimum atomic E-state index is -1.08. The van der Waals surface area contributed by atoms with Gasteiger partial charge in [-0.15, -0.1) is 10.2 Å². The Balaban J connectivity index is 0.00000136. The normalized spacial score (nSPS) is 19.0. The van der Waals surface area contributed by atoms with Gasteiger partial charge in [0.1, 0.15) is 11.6 Å². The SMILES string of the molecule is CC.CC(C)(C)OC(=O)N1CC(n2nnc(-c3ccccc3)n2)CC1C(=O)O. The highest BCUT2D eigenvalue weighted by Gasteiger charge is 2.43. The first-order chi connectivity index (χ1) is 13.2. The van der Waals surface area contributed by atoms with Crippen LogP contribution >= 0.6 is 0 Å². The van der Waals surface area contributed by atoms with Crippen molar-refractivity contribution in [2.45, 2.75) is 58.7 Å². The lowest BCUT2D eigenvalue weighted by Gasteiger charge is -2.26. The average molecular weight is 389 g/mol. The maximum atomic E-state index is 12.4. The van der Waals surface area contributed by atoms with Crippen LogP contribution in [-0.2, 0) is 9.53 Å². The summed E-state index contributed by atoms with van der Waals surface area (Å²) in [5, 5.41) is 21.9. The second-order valence-corrected chi connectivity index (χ2v) is 7.18. The van der Waals surface area contributed by atoms with Crippen molar-refractivity contribution in [1.29, 1.82) is 0 Å². The molecule has 2 atom stereocenters. The third-order valence-corrected chi connectivity index (χ3v) is 3.98. The monoisotopic (exact) mass is 389 g/mol. The van der Waals surface area contributed by atoms with Crippen LogP contribution in [0.1, 0.15) is 47.1 Å². The van der Waals surface area contributed by atoms with Crippen LogP contribution in [0, 0.1) is 0 Å². The predicted octanol–water partition coefficient (Wildman–Crippen LogP) is 3.00. The summed E-state index contributed by atoms with van der Waals surface area (Å²) in [5.74, 6) is -0.630. The van der Waals surface area contributed by atoms with E-state index in [1.54, 1.807) is 20.8 Å². The van der Waals surface area contributed by atoms with Crippen LogP contribution in [-0.4, -0.2) is 60.5 Å². The summed E-state index contributed by atoms with van der Waals surface area (Å²) >= 11 is 0. The maximum absolute atomic E-state index is 12.4. The Bertz CT molecular complexity index is 800. The lowest BCUT2D eigenvalue weighted by Crippen LogP contribution is -2.43. The third-order valence-electron chi connectivity index (χ3n) is 3.98. The van der Waals surface area contributed by atoms with Crippen LogP contribution in [0.25, 0.3) is 11.4 Å². The van der Waals surface area contributed by atoms with Crippen molar-refractivity contribution in [2.75, 3.05) is 6.54 Å². The van der Waals surface area contributed by atoms with Crippen LogP contribution in [0.15, 0.2) is 30.3 Å². The first-order valence-electron chi connectivity index (χ1n) is 9.32. The molecule has 28 heavy (non-hydrogen) atoms. The van der Waals surface area contributed by atoms with Gasteiger partial charge in [0, 0.05) is 18.5 Å². The number of hydrogen-bond acceptors (Lipinski definition) is 6. The summed E-state index contributed by atoms with van der Waals surface area (Å²) in [5.41, 5.74) is 0.111. The van der Waals surface area contributed by atoms with Crippen LogP contribution in [0.3, 0.4) is 0 Å². The molecule has 0 saturated carbocycles. The number of aliphatic carboxylic acids is 1. The van der Waals surface area contributed by atoms with E-state index in [0.29, 0.717) is 5.82 Å². The van der Waals surface area contributed by atoms with E-state index in [1.165, 1.54) is 9.70 Å². The molecule has 1 fully saturated rings. The smallest absolute Gasteiger partial charge is 0.411 e. The quantitative estimate of drug-likeness (QED) is 0.859. The van der Waals surface area contributed by atoms with Crippen LogP contribution in [0.5, 0.6) is 0 Å². The second kappa shape index (κ2) is 8.81. The van der Waals surface area contributed by atoms with Gasteiger partial charge in [0.05, 0.1) is 6.04 Å². The Labute approximate surface area is 164 Å². The zero-order chi connectivity index (χ0) is 20.9. The topological polar surface area (TPSA) is 110 Å². The van der Waals surface area contributed by atoms with Crippen LogP contribution in [0.2, 0.25) is 0 Å². The number of nitrogens with zero attached hydrogens (tertiary/aromatic N) is 5. The van der Waals surface area contributed by atoms with Gasteiger partial charge in [-0.2, -0.15) is 4.80 Å². The maximum Gasteiger partial charge on any atom is 0.411 e. The zero-order valence-corrected chi connectivity index (χ0v) is 16.9. The molecule has 1 aliphatic heterocycles. The number of rotatable bonds is 3. The summed E-state index contributed by atoms with van der Waals surface area (Å²) in [6.07, 6.45) is -0.463. The van der Waals surface area contributed by atoms with E-state index < -0.39 is 23.7 Å². The molecule has 1 amide bonds. The van der Waals surface area contributed by atoms with Gasteiger partial charge in [-0.25, -0.2) is 9.59 Å². The minimum Gasteiger partial charge on any atom is -0.480 e. The molecule has 0 spiro atoms. The van der Waals surface area contributed by atoms with E-state index in [1.807, 2.05) is 44.2 Å². The standard InChI is InChI=1S/C17H21N5O4.C2H6/c1-17(2,3)26-16(25)21-10-12(9-13(21)15(23)24)22-19-14(18-20-22)11-7-5-4-6-8-11;1-2/h4-8,12-13H,9-10H2,1-3H3,(H,23,24);1-2H3. The number of benzene rings is 1. The van der Waals surface area contributed by atoms with Crippen molar-refractivity contribution in [1.82, 2.24) is 25.1 Å². The zero-order valence-electron chi connectivity index (χ0n) is 16.9. The van der Waals surface area contributed by atoms with Crippen molar-refractivity contribution >= 4 is 12.1 Å². The van der Waals surface area contributed by atoms with Crippen LogP contribution < -0.4 is 0 Å².